The molecule has 5 heteroatoms. The van der Waals surface area contributed by atoms with Crippen molar-refractivity contribution in [3.05, 3.63) is 23.8 Å². The molecule has 4 nitrogen and oxygen atoms in total. The molecule has 1 amide bonds. The van der Waals surface area contributed by atoms with Gasteiger partial charge in [-0.25, -0.2) is 0 Å². The zero-order valence-corrected chi connectivity index (χ0v) is 10.7. The molecule has 0 fully saturated rings. The quantitative estimate of drug-likeness (QED) is 0.760. The van der Waals surface area contributed by atoms with Crippen molar-refractivity contribution in [1.82, 2.24) is 5.32 Å². The maximum Gasteiger partial charge on any atom is 0.234 e. The zero-order chi connectivity index (χ0) is 12.4. The Kier molecular flexibility index (Phi) is 3.71. The first kappa shape index (κ1) is 12.4. The van der Waals surface area contributed by atoms with Gasteiger partial charge in [-0.1, -0.05) is 6.07 Å². The van der Waals surface area contributed by atoms with Gasteiger partial charge in [-0.05, 0) is 31.7 Å². The molecule has 0 saturated carbocycles. The molecule has 1 aliphatic heterocycles. The van der Waals surface area contributed by atoms with Crippen LogP contribution in [0.5, 0.6) is 0 Å². The van der Waals surface area contributed by atoms with E-state index >= 15 is 0 Å². The number of amides is 1. The van der Waals surface area contributed by atoms with Gasteiger partial charge in [0.2, 0.25) is 5.91 Å². The normalized spacial score (nSPS) is 18.2. The predicted octanol–water partition coefficient (Wildman–Crippen LogP) is 1.37. The Balaban J connectivity index is 2.32. The van der Waals surface area contributed by atoms with Gasteiger partial charge in [-0.15, -0.1) is 11.8 Å². The molecule has 0 radical (unpaired) electrons. The highest BCUT2D eigenvalue weighted by Crippen LogP contribution is 2.33. The van der Waals surface area contributed by atoms with E-state index in [9.17, 15) is 9.90 Å². The van der Waals surface area contributed by atoms with Crippen LogP contribution in [0.1, 0.15) is 18.5 Å². The summed E-state index contributed by atoms with van der Waals surface area (Å²) in [7, 11) is 1.81. The van der Waals surface area contributed by atoms with E-state index in [1.54, 1.807) is 6.92 Å². The number of hydrogen-bond acceptors (Lipinski definition) is 4. The summed E-state index contributed by atoms with van der Waals surface area (Å²) in [4.78, 5) is 12.4. The van der Waals surface area contributed by atoms with E-state index in [4.69, 9.17) is 0 Å². The molecule has 0 bridgehead atoms. The van der Waals surface area contributed by atoms with Crippen LogP contribution in [0.2, 0.25) is 0 Å². The van der Waals surface area contributed by atoms with Crippen molar-refractivity contribution in [2.75, 3.05) is 18.1 Å². The summed E-state index contributed by atoms with van der Waals surface area (Å²) in [6.45, 7) is 1.74. The Morgan fingerprint density at radius 2 is 2.29 bits per heavy atom. The van der Waals surface area contributed by atoms with E-state index < -0.39 is 6.10 Å². The highest BCUT2D eigenvalue weighted by Gasteiger charge is 2.19. The van der Waals surface area contributed by atoms with Crippen molar-refractivity contribution in [3.63, 3.8) is 0 Å². The maximum atomic E-state index is 11.3. The molecule has 2 atom stereocenters. The fourth-order valence-corrected chi connectivity index (χ4v) is 2.77. The van der Waals surface area contributed by atoms with E-state index in [2.05, 4.69) is 10.6 Å². The Hall–Kier alpha value is -1.04. The fourth-order valence-electron chi connectivity index (χ4n) is 1.98. The van der Waals surface area contributed by atoms with Gasteiger partial charge < -0.3 is 15.7 Å². The molecule has 2 rings (SSSR count). The van der Waals surface area contributed by atoms with Crippen LogP contribution in [0.4, 0.5) is 5.69 Å². The number of hydrogen-bond donors (Lipinski definition) is 3. The van der Waals surface area contributed by atoms with E-state index in [0.29, 0.717) is 5.75 Å². The van der Waals surface area contributed by atoms with Crippen LogP contribution in [-0.2, 0) is 4.79 Å². The largest absolute Gasteiger partial charge is 0.391 e. The van der Waals surface area contributed by atoms with Gasteiger partial charge in [0.05, 0.1) is 23.6 Å². The lowest BCUT2D eigenvalue weighted by Gasteiger charge is -2.23. The van der Waals surface area contributed by atoms with Crippen LogP contribution in [0.15, 0.2) is 23.1 Å². The molecule has 1 aliphatic rings. The standard InChI is InChI=1S/C12H16N2O2S/c1-7(15)12(13-2)8-3-4-10-9(5-8)14-11(16)6-17-10/h3-5,7,12-13,15H,6H2,1-2H3,(H,14,16). The number of thioether (sulfide) groups is 1. The number of nitrogens with one attached hydrogen (secondary N) is 2. The van der Waals surface area contributed by atoms with Gasteiger partial charge in [-0.2, -0.15) is 0 Å². The van der Waals surface area contributed by atoms with Gasteiger partial charge in [0.25, 0.3) is 0 Å². The molecule has 0 aliphatic carbocycles. The second kappa shape index (κ2) is 5.08. The summed E-state index contributed by atoms with van der Waals surface area (Å²) in [5, 5.41) is 15.6. The highest BCUT2D eigenvalue weighted by atomic mass is 32.2. The number of carbonyl (C=O) groups is 1. The molecule has 0 aromatic heterocycles. The van der Waals surface area contributed by atoms with Gasteiger partial charge in [0.15, 0.2) is 0 Å². The van der Waals surface area contributed by atoms with Crippen molar-refractivity contribution in [2.24, 2.45) is 0 Å². The lowest BCUT2D eigenvalue weighted by Crippen LogP contribution is -2.27. The minimum absolute atomic E-state index is 0.0257. The average Bonchev–Trinajstić information content (AvgIpc) is 2.29. The van der Waals surface area contributed by atoms with Crippen LogP contribution in [0, 0.1) is 0 Å². The first-order valence-electron chi connectivity index (χ1n) is 5.53. The molecule has 1 heterocycles. The lowest BCUT2D eigenvalue weighted by molar-refractivity contribution is -0.113. The topological polar surface area (TPSA) is 61.4 Å². The average molecular weight is 252 g/mol. The van der Waals surface area contributed by atoms with E-state index in [1.807, 2.05) is 25.2 Å². The molecule has 17 heavy (non-hydrogen) atoms. The van der Waals surface area contributed by atoms with Gasteiger partial charge in [0.1, 0.15) is 0 Å². The molecular formula is C12H16N2O2S. The first-order valence-corrected chi connectivity index (χ1v) is 6.52. The predicted molar refractivity (Wildman–Crippen MR) is 69.3 cm³/mol. The highest BCUT2D eigenvalue weighted by molar-refractivity contribution is 8.00. The van der Waals surface area contributed by atoms with Crippen molar-refractivity contribution in [2.45, 2.75) is 24.0 Å². The summed E-state index contributed by atoms with van der Waals surface area (Å²) in [5.74, 6) is 0.496. The SMILES string of the molecule is CNC(c1ccc2c(c1)NC(=O)CS2)C(C)O. The summed E-state index contributed by atoms with van der Waals surface area (Å²) in [5.41, 5.74) is 1.81. The summed E-state index contributed by atoms with van der Waals surface area (Å²) in [6, 6.07) is 5.77. The fraction of sp³-hybridized carbons (Fsp3) is 0.417. The first-order chi connectivity index (χ1) is 8.11. The number of likely N-dealkylation sites (N-methyl/N-ethyl adjacent to an activating group) is 1. The molecule has 0 saturated heterocycles. The third kappa shape index (κ3) is 2.62. The van der Waals surface area contributed by atoms with E-state index in [0.717, 1.165) is 16.1 Å². The van der Waals surface area contributed by atoms with Gasteiger partial charge in [0, 0.05) is 4.90 Å². The number of fused-ring (bicyclic) bond motifs is 1. The molecule has 1 aromatic carbocycles. The van der Waals surface area contributed by atoms with Crippen molar-refractivity contribution in [1.29, 1.82) is 0 Å². The van der Waals surface area contributed by atoms with E-state index in [-0.39, 0.29) is 11.9 Å². The number of aliphatic hydroxyl groups is 1. The Morgan fingerprint density at radius 3 is 2.94 bits per heavy atom. The third-order valence-electron chi connectivity index (χ3n) is 2.79. The third-order valence-corrected chi connectivity index (χ3v) is 3.86. The molecule has 92 valence electrons. The lowest BCUT2D eigenvalue weighted by atomic mass is 10.0. The second-order valence-electron chi connectivity index (χ2n) is 4.10. The Bertz CT molecular complexity index is 435. The Labute approximate surface area is 105 Å². The Morgan fingerprint density at radius 1 is 1.53 bits per heavy atom. The van der Waals surface area contributed by atoms with Crippen molar-refractivity contribution in [3.8, 4) is 0 Å². The van der Waals surface area contributed by atoms with Crippen LogP contribution >= 0.6 is 11.8 Å². The minimum atomic E-state index is -0.481. The van der Waals surface area contributed by atoms with Crippen LogP contribution in [0.3, 0.4) is 0 Å². The number of anilines is 1. The molecule has 0 spiro atoms. The molecule has 3 N–H and O–H groups in total. The number of rotatable bonds is 3. The van der Waals surface area contributed by atoms with Crippen LogP contribution < -0.4 is 10.6 Å². The maximum absolute atomic E-state index is 11.3. The van der Waals surface area contributed by atoms with Crippen LogP contribution in [0.25, 0.3) is 0 Å². The zero-order valence-electron chi connectivity index (χ0n) is 9.86. The van der Waals surface area contributed by atoms with Crippen LogP contribution in [-0.4, -0.2) is 29.9 Å². The summed E-state index contributed by atoms with van der Waals surface area (Å²) >= 11 is 1.54. The number of benzene rings is 1. The van der Waals surface area contributed by atoms with Gasteiger partial charge >= 0.3 is 0 Å². The van der Waals surface area contributed by atoms with Crippen molar-refractivity contribution < 1.29 is 9.90 Å². The van der Waals surface area contributed by atoms with E-state index in [1.165, 1.54) is 11.8 Å². The second-order valence-corrected chi connectivity index (χ2v) is 5.12. The molecule has 2 unspecified atom stereocenters. The summed E-state index contributed by atoms with van der Waals surface area (Å²) < 4.78 is 0. The smallest absolute Gasteiger partial charge is 0.234 e. The minimum Gasteiger partial charge on any atom is -0.391 e. The molecule has 1 aromatic rings. The molecular weight excluding hydrogens is 236 g/mol. The summed E-state index contributed by atoms with van der Waals surface area (Å²) in [6.07, 6.45) is -0.481. The van der Waals surface area contributed by atoms with Crippen molar-refractivity contribution >= 4 is 23.4 Å². The number of aliphatic hydroxyl groups excluding tert-OH is 1. The monoisotopic (exact) mass is 252 g/mol. The number of carbonyl (C=O) groups excluding carboxylic acids is 1. The van der Waals surface area contributed by atoms with Gasteiger partial charge in [-0.3, -0.25) is 4.79 Å².